The third-order valence-corrected chi connectivity index (χ3v) is 4.06. The van der Waals surface area contributed by atoms with Gasteiger partial charge in [-0.1, -0.05) is 17.7 Å². The number of hydrogen-bond acceptors (Lipinski definition) is 5. The van der Waals surface area contributed by atoms with Crippen LogP contribution < -0.4 is 4.74 Å². The van der Waals surface area contributed by atoms with Crippen LogP contribution in [-0.2, 0) is 9.53 Å². The first-order valence-electron chi connectivity index (χ1n) is 8.35. The molecule has 1 aromatic carbocycles. The van der Waals surface area contributed by atoms with Crippen LogP contribution in [0, 0.1) is 12.8 Å². The van der Waals surface area contributed by atoms with E-state index in [-0.39, 0.29) is 18.5 Å². The van der Waals surface area contributed by atoms with E-state index in [1.165, 1.54) is 5.56 Å². The van der Waals surface area contributed by atoms with Gasteiger partial charge in [-0.2, -0.15) is 0 Å². The lowest BCUT2D eigenvalue weighted by Crippen LogP contribution is -2.44. The molecule has 5 nitrogen and oxygen atoms in total. The molecule has 0 saturated carbocycles. The van der Waals surface area contributed by atoms with Gasteiger partial charge in [-0.25, -0.2) is 0 Å². The summed E-state index contributed by atoms with van der Waals surface area (Å²) in [7, 11) is 0. The van der Waals surface area contributed by atoms with E-state index in [0.717, 1.165) is 25.1 Å². The molecule has 23 heavy (non-hydrogen) atoms. The van der Waals surface area contributed by atoms with Crippen molar-refractivity contribution in [1.82, 2.24) is 4.90 Å². The fourth-order valence-electron chi connectivity index (χ4n) is 2.85. The molecule has 1 N–H and O–H groups in total. The number of rotatable bonds is 7. The predicted octanol–water partition coefficient (Wildman–Crippen LogP) is 2.01. The average Bonchev–Trinajstić information content (AvgIpc) is 2.55. The number of likely N-dealkylation sites (tertiary alicyclic amines) is 1. The van der Waals surface area contributed by atoms with Crippen LogP contribution in [0.3, 0.4) is 0 Å². The van der Waals surface area contributed by atoms with E-state index in [4.69, 9.17) is 9.47 Å². The van der Waals surface area contributed by atoms with Crippen LogP contribution in [0.2, 0.25) is 0 Å². The number of piperidine rings is 1. The second-order valence-corrected chi connectivity index (χ2v) is 6.13. The van der Waals surface area contributed by atoms with Crippen LogP contribution >= 0.6 is 0 Å². The van der Waals surface area contributed by atoms with E-state index < -0.39 is 6.10 Å². The summed E-state index contributed by atoms with van der Waals surface area (Å²) in [6.07, 6.45) is 1.25. The Kier molecular flexibility index (Phi) is 6.86. The van der Waals surface area contributed by atoms with Crippen molar-refractivity contribution in [1.29, 1.82) is 0 Å². The highest BCUT2D eigenvalue weighted by molar-refractivity contribution is 5.72. The zero-order valence-electron chi connectivity index (χ0n) is 14.0. The molecular formula is C18H27NO4. The molecule has 1 aromatic rings. The highest BCUT2D eigenvalue weighted by atomic mass is 16.5. The lowest BCUT2D eigenvalue weighted by Gasteiger charge is -2.32. The van der Waals surface area contributed by atoms with E-state index >= 15 is 0 Å². The Bertz CT molecular complexity index is 488. The van der Waals surface area contributed by atoms with Crippen molar-refractivity contribution in [2.24, 2.45) is 5.92 Å². The molecule has 2 rings (SSSR count). The fraction of sp³-hybridized carbons (Fsp3) is 0.611. The molecule has 0 radical (unpaired) electrons. The Hall–Kier alpha value is -1.59. The van der Waals surface area contributed by atoms with Gasteiger partial charge in [0.1, 0.15) is 18.5 Å². The Morgan fingerprint density at radius 3 is 2.83 bits per heavy atom. The lowest BCUT2D eigenvalue weighted by molar-refractivity contribution is -0.150. The number of β-amino-alcohol motifs (C(OH)–C–C–N with tert-alkyl or cyclic N) is 1. The first kappa shape index (κ1) is 17.8. The van der Waals surface area contributed by atoms with Crippen molar-refractivity contribution in [3.05, 3.63) is 29.8 Å². The maximum absolute atomic E-state index is 11.8. The number of aliphatic hydroxyl groups excluding tert-OH is 1. The summed E-state index contributed by atoms with van der Waals surface area (Å²) in [5.41, 5.74) is 1.18. The minimum absolute atomic E-state index is 0.0751. The highest BCUT2D eigenvalue weighted by Gasteiger charge is 2.27. The van der Waals surface area contributed by atoms with E-state index in [1.807, 2.05) is 38.1 Å². The number of hydrogen-bond donors (Lipinski definition) is 1. The summed E-state index contributed by atoms with van der Waals surface area (Å²) < 4.78 is 10.7. The predicted molar refractivity (Wildman–Crippen MR) is 88.5 cm³/mol. The fourth-order valence-corrected chi connectivity index (χ4v) is 2.85. The maximum Gasteiger partial charge on any atom is 0.310 e. The Balaban J connectivity index is 1.74. The normalized spacial score (nSPS) is 20.0. The summed E-state index contributed by atoms with van der Waals surface area (Å²) in [4.78, 5) is 14.0. The first-order chi connectivity index (χ1) is 11.1. The minimum atomic E-state index is -0.572. The average molecular weight is 321 g/mol. The number of aryl methyl sites for hydroxylation is 1. The van der Waals surface area contributed by atoms with Gasteiger partial charge in [0, 0.05) is 13.1 Å². The van der Waals surface area contributed by atoms with Crippen molar-refractivity contribution in [3.8, 4) is 5.75 Å². The smallest absolute Gasteiger partial charge is 0.310 e. The van der Waals surface area contributed by atoms with E-state index in [1.54, 1.807) is 0 Å². The van der Waals surface area contributed by atoms with Crippen LogP contribution in [0.1, 0.15) is 25.3 Å². The lowest BCUT2D eigenvalue weighted by atomic mass is 9.98. The third-order valence-electron chi connectivity index (χ3n) is 4.06. The molecule has 2 atom stereocenters. The first-order valence-corrected chi connectivity index (χ1v) is 8.35. The molecule has 0 aromatic heterocycles. The number of nitrogens with zero attached hydrogens (tertiary/aromatic N) is 1. The van der Waals surface area contributed by atoms with E-state index in [0.29, 0.717) is 19.7 Å². The summed E-state index contributed by atoms with van der Waals surface area (Å²) >= 11 is 0. The third kappa shape index (κ3) is 5.84. The summed E-state index contributed by atoms with van der Waals surface area (Å²) in [6.45, 7) is 6.59. The number of aliphatic hydroxyl groups is 1. The van der Waals surface area contributed by atoms with Crippen LogP contribution in [0.25, 0.3) is 0 Å². The summed E-state index contributed by atoms with van der Waals surface area (Å²) in [6, 6.07) is 7.77. The van der Waals surface area contributed by atoms with Crippen LogP contribution in [-0.4, -0.2) is 54.9 Å². The molecule has 0 bridgehead atoms. The van der Waals surface area contributed by atoms with Crippen molar-refractivity contribution in [2.75, 3.05) is 32.8 Å². The molecule has 1 fully saturated rings. The molecule has 1 heterocycles. The zero-order chi connectivity index (χ0) is 16.7. The van der Waals surface area contributed by atoms with Crippen molar-refractivity contribution >= 4 is 5.97 Å². The van der Waals surface area contributed by atoms with Crippen LogP contribution in [0.15, 0.2) is 24.3 Å². The maximum atomic E-state index is 11.8. The van der Waals surface area contributed by atoms with Gasteiger partial charge in [-0.05, 0) is 45.4 Å². The molecule has 128 valence electrons. The van der Waals surface area contributed by atoms with Gasteiger partial charge in [0.05, 0.1) is 12.5 Å². The quantitative estimate of drug-likeness (QED) is 0.779. The standard InChI is InChI=1S/C18H27NO4/c1-3-22-18(21)15-5-4-10-19(11-15)12-16(20)13-23-17-8-6-14(2)7-9-17/h6-9,15-16,20H,3-5,10-13H2,1-2H3/t15-,16-/m0/s1. The number of carbonyl (C=O) groups is 1. The van der Waals surface area contributed by atoms with Gasteiger partial charge >= 0.3 is 5.97 Å². The van der Waals surface area contributed by atoms with Gasteiger partial charge in [0.15, 0.2) is 0 Å². The van der Waals surface area contributed by atoms with Gasteiger partial charge < -0.3 is 14.6 Å². The van der Waals surface area contributed by atoms with Gasteiger partial charge in [0.25, 0.3) is 0 Å². The van der Waals surface area contributed by atoms with Crippen LogP contribution in [0.5, 0.6) is 5.75 Å². The highest BCUT2D eigenvalue weighted by Crippen LogP contribution is 2.18. The molecule has 0 spiro atoms. The Morgan fingerprint density at radius 1 is 1.39 bits per heavy atom. The second-order valence-electron chi connectivity index (χ2n) is 6.13. The number of carbonyl (C=O) groups excluding carboxylic acids is 1. The molecule has 1 aliphatic rings. The Morgan fingerprint density at radius 2 is 2.13 bits per heavy atom. The molecule has 1 saturated heterocycles. The van der Waals surface area contributed by atoms with Crippen molar-refractivity contribution in [2.45, 2.75) is 32.8 Å². The molecule has 0 unspecified atom stereocenters. The number of esters is 1. The number of ether oxygens (including phenoxy) is 2. The van der Waals surface area contributed by atoms with Gasteiger partial charge in [-0.3, -0.25) is 9.69 Å². The Labute approximate surface area is 138 Å². The summed E-state index contributed by atoms with van der Waals surface area (Å²) in [5.74, 6) is 0.564. The SMILES string of the molecule is CCOC(=O)[C@H]1CCCN(C[C@H](O)COc2ccc(C)cc2)C1. The minimum Gasteiger partial charge on any atom is -0.491 e. The molecule has 1 aliphatic heterocycles. The van der Waals surface area contributed by atoms with Crippen LogP contribution in [0.4, 0.5) is 0 Å². The molecule has 0 aliphatic carbocycles. The zero-order valence-corrected chi connectivity index (χ0v) is 14.0. The second kappa shape index (κ2) is 8.89. The monoisotopic (exact) mass is 321 g/mol. The largest absolute Gasteiger partial charge is 0.491 e. The van der Waals surface area contributed by atoms with Crippen molar-refractivity contribution in [3.63, 3.8) is 0 Å². The van der Waals surface area contributed by atoms with Gasteiger partial charge in [-0.15, -0.1) is 0 Å². The van der Waals surface area contributed by atoms with Gasteiger partial charge in [0.2, 0.25) is 0 Å². The molecule has 0 amide bonds. The topological polar surface area (TPSA) is 59.0 Å². The van der Waals surface area contributed by atoms with E-state index in [2.05, 4.69) is 4.90 Å². The summed E-state index contributed by atoms with van der Waals surface area (Å²) in [5, 5.41) is 10.2. The van der Waals surface area contributed by atoms with Crippen molar-refractivity contribution < 1.29 is 19.4 Å². The van der Waals surface area contributed by atoms with E-state index in [9.17, 15) is 9.90 Å². The molecular weight excluding hydrogens is 294 g/mol. The molecule has 5 heteroatoms. The number of benzene rings is 1.